The van der Waals surface area contributed by atoms with E-state index in [0.29, 0.717) is 12.8 Å². The average molecular weight is 329 g/mol. The summed E-state index contributed by atoms with van der Waals surface area (Å²) in [6, 6.07) is 10.7. The molecule has 3 rings (SSSR count). The van der Waals surface area contributed by atoms with Crippen molar-refractivity contribution in [3.63, 3.8) is 0 Å². The summed E-state index contributed by atoms with van der Waals surface area (Å²) in [5, 5.41) is 0. The maximum Gasteiger partial charge on any atom is 0.314 e. The molecule has 0 atom stereocenters. The quantitative estimate of drug-likeness (QED) is 0.456. The first-order valence-corrected chi connectivity index (χ1v) is 9.15. The van der Waals surface area contributed by atoms with E-state index in [9.17, 15) is 9.59 Å². The highest BCUT2D eigenvalue weighted by molar-refractivity contribution is 5.89. The highest BCUT2D eigenvalue weighted by Gasteiger charge is 2.43. The third kappa shape index (κ3) is 4.67. The summed E-state index contributed by atoms with van der Waals surface area (Å²) < 4.78 is 4.68. The molecule has 24 heavy (non-hydrogen) atoms. The van der Waals surface area contributed by atoms with Gasteiger partial charge in [0.15, 0.2) is 0 Å². The van der Waals surface area contributed by atoms with Crippen LogP contribution in [0.3, 0.4) is 0 Å². The van der Waals surface area contributed by atoms with E-state index in [0.717, 1.165) is 38.9 Å². The lowest BCUT2D eigenvalue weighted by Gasteiger charge is -2.42. The Balaban J connectivity index is 1.32. The second kappa shape index (κ2) is 7.93. The van der Waals surface area contributed by atoms with Crippen molar-refractivity contribution in [2.75, 3.05) is 19.6 Å². The van der Waals surface area contributed by atoms with Gasteiger partial charge in [0.1, 0.15) is 0 Å². The zero-order valence-corrected chi connectivity index (χ0v) is 14.3. The molecule has 0 radical (unpaired) electrons. The van der Waals surface area contributed by atoms with Crippen molar-refractivity contribution >= 4 is 11.9 Å². The number of nitrogens with zero attached hydrogens (tertiary/aromatic N) is 1. The number of rotatable bonds is 6. The number of carbonyl (C=O) groups is 2. The Morgan fingerprint density at radius 3 is 2.25 bits per heavy atom. The molecule has 0 unspecified atom stereocenters. The summed E-state index contributed by atoms with van der Waals surface area (Å²) in [6.07, 6.45) is 7.60. The summed E-state index contributed by atoms with van der Waals surface area (Å²) in [5.74, 6) is -0.666. The molecule has 2 saturated heterocycles. The van der Waals surface area contributed by atoms with Gasteiger partial charge in [-0.1, -0.05) is 36.8 Å². The number of aryl methyl sites for hydroxylation is 1. The van der Waals surface area contributed by atoms with Gasteiger partial charge in [-0.25, -0.2) is 0 Å². The lowest BCUT2D eigenvalue weighted by atomic mass is 9.72. The number of piperidine rings is 1. The van der Waals surface area contributed by atoms with E-state index in [2.05, 4.69) is 40.0 Å². The topological polar surface area (TPSA) is 46.6 Å². The number of esters is 2. The molecule has 2 aliphatic rings. The zero-order chi connectivity index (χ0) is 16.8. The minimum absolute atomic E-state index is 0.115. The van der Waals surface area contributed by atoms with Crippen molar-refractivity contribution in [3.05, 3.63) is 35.9 Å². The van der Waals surface area contributed by atoms with Gasteiger partial charge in [0, 0.05) is 0 Å². The van der Waals surface area contributed by atoms with E-state index in [-0.39, 0.29) is 17.4 Å². The number of hydrogen-bond donors (Lipinski definition) is 0. The second-order valence-corrected chi connectivity index (χ2v) is 7.34. The Bertz CT molecular complexity index is 544. The van der Waals surface area contributed by atoms with Crippen LogP contribution < -0.4 is 0 Å². The molecule has 4 heteroatoms. The van der Waals surface area contributed by atoms with Crippen LogP contribution in [0.5, 0.6) is 0 Å². The Morgan fingerprint density at radius 1 is 0.917 bits per heavy atom. The zero-order valence-electron chi connectivity index (χ0n) is 14.3. The van der Waals surface area contributed by atoms with Crippen LogP contribution in [0.4, 0.5) is 0 Å². The van der Waals surface area contributed by atoms with Gasteiger partial charge in [-0.3, -0.25) is 9.59 Å². The van der Waals surface area contributed by atoms with Crippen LogP contribution in [-0.4, -0.2) is 36.5 Å². The maximum atomic E-state index is 11.5. The Kier molecular flexibility index (Phi) is 5.67. The Labute approximate surface area is 144 Å². The van der Waals surface area contributed by atoms with E-state index < -0.39 is 0 Å². The highest BCUT2D eigenvalue weighted by Crippen LogP contribution is 2.41. The van der Waals surface area contributed by atoms with Gasteiger partial charge in [0.05, 0.1) is 12.8 Å². The largest absolute Gasteiger partial charge is 0.393 e. The molecule has 0 aliphatic carbocycles. The minimum Gasteiger partial charge on any atom is -0.393 e. The molecule has 1 spiro atoms. The van der Waals surface area contributed by atoms with E-state index in [4.69, 9.17) is 0 Å². The van der Waals surface area contributed by atoms with Crippen molar-refractivity contribution < 1.29 is 14.3 Å². The maximum absolute atomic E-state index is 11.5. The summed E-state index contributed by atoms with van der Waals surface area (Å²) in [5.41, 5.74) is 1.31. The Morgan fingerprint density at radius 2 is 1.58 bits per heavy atom. The summed E-state index contributed by atoms with van der Waals surface area (Å²) in [4.78, 5) is 25.5. The van der Waals surface area contributed by atoms with Crippen LogP contribution in [0.1, 0.15) is 50.5 Å². The van der Waals surface area contributed by atoms with Crippen LogP contribution >= 0.6 is 0 Å². The van der Waals surface area contributed by atoms with Crippen LogP contribution in [-0.2, 0) is 20.7 Å². The van der Waals surface area contributed by atoms with Gasteiger partial charge in [-0.2, -0.15) is 0 Å². The van der Waals surface area contributed by atoms with Crippen LogP contribution in [0.25, 0.3) is 0 Å². The van der Waals surface area contributed by atoms with E-state index >= 15 is 0 Å². The fourth-order valence-electron chi connectivity index (χ4n) is 3.96. The van der Waals surface area contributed by atoms with Gasteiger partial charge in [-0.15, -0.1) is 0 Å². The molecule has 0 aromatic heterocycles. The van der Waals surface area contributed by atoms with Crippen molar-refractivity contribution in [1.82, 2.24) is 4.90 Å². The number of likely N-dealkylation sites (tertiary alicyclic amines) is 1. The first-order valence-electron chi connectivity index (χ1n) is 9.15. The van der Waals surface area contributed by atoms with Gasteiger partial charge in [0.25, 0.3) is 0 Å². The van der Waals surface area contributed by atoms with Crippen LogP contribution in [0, 0.1) is 5.41 Å². The van der Waals surface area contributed by atoms with Gasteiger partial charge >= 0.3 is 11.9 Å². The predicted octanol–water partition coefficient (Wildman–Crippen LogP) is 3.35. The molecule has 4 nitrogen and oxygen atoms in total. The summed E-state index contributed by atoms with van der Waals surface area (Å²) >= 11 is 0. The standard InChI is InChI=1S/C20H27NO3/c22-18-15-20(16-19(23)24-18)10-13-21(14-11-20)12-6-2-5-9-17-7-3-1-4-8-17/h1,3-4,7-8H,2,5-6,9-16H2. The van der Waals surface area contributed by atoms with Crippen molar-refractivity contribution in [1.29, 1.82) is 0 Å². The summed E-state index contributed by atoms with van der Waals surface area (Å²) in [6.45, 7) is 3.13. The van der Waals surface area contributed by atoms with Crippen molar-refractivity contribution in [3.8, 4) is 0 Å². The molecular formula is C20H27NO3. The van der Waals surface area contributed by atoms with Gasteiger partial charge < -0.3 is 9.64 Å². The molecular weight excluding hydrogens is 302 g/mol. The third-order valence-electron chi connectivity index (χ3n) is 5.47. The SMILES string of the molecule is O=C1CC2(CCN(CCCCCc3ccccc3)CC2)CC(=O)O1. The highest BCUT2D eigenvalue weighted by atomic mass is 16.6. The number of cyclic esters (lactones) is 2. The number of carbonyl (C=O) groups excluding carboxylic acids is 2. The van der Waals surface area contributed by atoms with Gasteiger partial charge in [0.2, 0.25) is 0 Å². The number of unbranched alkanes of at least 4 members (excludes halogenated alkanes) is 2. The van der Waals surface area contributed by atoms with E-state index in [1.165, 1.54) is 24.8 Å². The molecule has 0 N–H and O–H groups in total. The molecule has 0 saturated carbocycles. The normalized spacial score (nSPS) is 21.0. The predicted molar refractivity (Wildman–Crippen MR) is 92.4 cm³/mol. The molecule has 1 aromatic rings. The molecule has 1 aromatic carbocycles. The average Bonchev–Trinajstić information content (AvgIpc) is 2.56. The van der Waals surface area contributed by atoms with Crippen molar-refractivity contribution in [2.24, 2.45) is 5.41 Å². The first kappa shape index (κ1) is 17.2. The number of ether oxygens (including phenoxy) is 1. The first-order chi connectivity index (χ1) is 11.7. The van der Waals surface area contributed by atoms with Crippen LogP contribution in [0.15, 0.2) is 30.3 Å². The molecule has 2 heterocycles. The lowest BCUT2D eigenvalue weighted by Crippen LogP contribution is -2.45. The number of hydrogen-bond acceptors (Lipinski definition) is 4. The van der Waals surface area contributed by atoms with E-state index in [1.807, 2.05) is 0 Å². The van der Waals surface area contributed by atoms with Gasteiger partial charge in [-0.05, 0) is 62.7 Å². The number of benzene rings is 1. The lowest BCUT2D eigenvalue weighted by molar-refractivity contribution is -0.171. The van der Waals surface area contributed by atoms with E-state index in [1.54, 1.807) is 0 Å². The second-order valence-electron chi connectivity index (χ2n) is 7.34. The monoisotopic (exact) mass is 329 g/mol. The summed E-state index contributed by atoms with van der Waals surface area (Å²) in [7, 11) is 0. The minimum atomic E-state index is -0.333. The van der Waals surface area contributed by atoms with Crippen LogP contribution in [0.2, 0.25) is 0 Å². The molecule has 0 amide bonds. The fraction of sp³-hybridized carbons (Fsp3) is 0.600. The Hall–Kier alpha value is -1.68. The molecule has 2 fully saturated rings. The fourth-order valence-corrected chi connectivity index (χ4v) is 3.96. The van der Waals surface area contributed by atoms with Crippen molar-refractivity contribution in [2.45, 2.75) is 51.4 Å². The molecule has 0 bridgehead atoms. The molecule has 2 aliphatic heterocycles. The smallest absolute Gasteiger partial charge is 0.314 e. The third-order valence-corrected chi connectivity index (χ3v) is 5.47. The molecule has 130 valence electrons.